The fourth-order valence-corrected chi connectivity index (χ4v) is 3.63. The van der Waals surface area contributed by atoms with Gasteiger partial charge in [-0.25, -0.2) is 4.39 Å². The zero-order chi connectivity index (χ0) is 15.7. The Kier molecular flexibility index (Phi) is 4.19. The average molecular weight is 307 g/mol. The molecule has 1 spiro atoms. The van der Waals surface area contributed by atoms with Crippen molar-refractivity contribution in [3.63, 3.8) is 0 Å². The Hall–Kier alpha value is -1.46. The van der Waals surface area contributed by atoms with E-state index in [1.54, 1.807) is 19.1 Å². The van der Waals surface area contributed by atoms with Crippen LogP contribution < -0.4 is 0 Å². The molecule has 1 N–H and O–H groups in total. The third-order valence-corrected chi connectivity index (χ3v) is 5.00. The van der Waals surface area contributed by atoms with Gasteiger partial charge in [-0.2, -0.15) is 0 Å². The SMILES string of the molecule is Cc1ccc(C(C(=O)O)N2CCC3(CCCO3)CC2)cc1F. The fraction of sp³-hybridized carbons (Fsp3) is 0.588. The molecule has 0 aliphatic carbocycles. The van der Waals surface area contributed by atoms with Crippen molar-refractivity contribution < 1.29 is 19.0 Å². The summed E-state index contributed by atoms with van der Waals surface area (Å²) < 4.78 is 19.7. The second-order valence-electron chi connectivity index (χ2n) is 6.42. The van der Waals surface area contributed by atoms with Crippen molar-refractivity contribution >= 4 is 5.97 Å². The third kappa shape index (κ3) is 2.88. The number of aryl methyl sites for hydroxylation is 1. The zero-order valence-corrected chi connectivity index (χ0v) is 12.8. The maximum Gasteiger partial charge on any atom is 0.325 e. The molecule has 2 heterocycles. The molecule has 4 nitrogen and oxygen atoms in total. The van der Waals surface area contributed by atoms with Crippen LogP contribution in [0.1, 0.15) is 42.9 Å². The van der Waals surface area contributed by atoms with E-state index in [1.165, 1.54) is 6.07 Å². The quantitative estimate of drug-likeness (QED) is 0.933. The lowest BCUT2D eigenvalue weighted by molar-refractivity contribution is -0.146. The fourth-order valence-electron chi connectivity index (χ4n) is 3.63. The molecule has 2 aliphatic heterocycles. The van der Waals surface area contributed by atoms with Crippen molar-refractivity contribution in [1.82, 2.24) is 4.90 Å². The number of aliphatic carboxylic acids is 1. The van der Waals surface area contributed by atoms with Crippen LogP contribution in [-0.4, -0.2) is 41.3 Å². The molecule has 2 aliphatic rings. The first-order valence-corrected chi connectivity index (χ1v) is 7.88. The van der Waals surface area contributed by atoms with Crippen molar-refractivity contribution in [2.75, 3.05) is 19.7 Å². The molecule has 5 heteroatoms. The Morgan fingerprint density at radius 3 is 2.64 bits per heavy atom. The van der Waals surface area contributed by atoms with Crippen molar-refractivity contribution in [2.24, 2.45) is 0 Å². The van der Waals surface area contributed by atoms with Gasteiger partial charge in [0.2, 0.25) is 0 Å². The summed E-state index contributed by atoms with van der Waals surface area (Å²) >= 11 is 0. The molecular weight excluding hydrogens is 285 g/mol. The minimum Gasteiger partial charge on any atom is -0.480 e. The average Bonchev–Trinajstić information content (AvgIpc) is 2.93. The van der Waals surface area contributed by atoms with E-state index in [2.05, 4.69) is 0 Å². The number of benzene rings is 1. The van der Waals surface area contributed by atoms with Gasteiger partial charge in [-0.3, -0.25) is 9.69 Å². The lowest BCUT2D eigenvalue weighted by atomic mass is 9.87. The number of piperidine rings is 1. The van der Waals surface area contributed by atoms with Crippen LogP contribution >= 0.6 is 0 Å². The Balaban J connectivity index is 1.77. The van der Waals surface area contributed by atoms with Gasteiger partial charge in [0, 0.05) is 19.7 Å². The number of carboxylic acids is 1. The number of halogens is 1. The Morgan fingerprint density at radius 2 is 2.09 bits per heavy atom. The van der Waals surface area contributed by atoms with Gasteiger partial charge in [0.1, 0.15) is 11.9 Å². The van der Waals surface area contributed by atoms with E-state index in [4.69, 9.17) is 4.74 Å². The predicted octanol–water partition coefficient (Wildman–Crippen LogP) is 2.90. The van der Waals surface area contributed by atoms with Gasteiger partial charge >= 0.3 is 5.97 Å². The van der Waals surface area contributed by atoms with Crippen molar-refractivity contribution in [2.45, 2.75) is 44.2 Å². The number of rotatable bonds is 3. The summed E-state index contributed by atoms with van der Waals surface area (Å²) in [5, 5.41) is 9.60. The van der Waals surface area contributed by atoms with Crippen molar-refractivity contribution in [1.29, 1.82) is 0 Å². The maximum absolute atomic E-state index is 13.8. The topological polar surface area (TPSA) is 49.8 Å². The van der Waals surface area contributed by atoms with Crippen LogP contribution in [-0.2, 0) is 9.53 Å². The van der Waals surface area contributed by atoms with Crippen LogP contribution in [0.25, 0.3) is 0 Å². The summed E-state index contributed by atoms with van der Waals surface area (Å²) in [6.45, 7) is 3.83. The first-order valence-electron chi connectivity index (χ1n) is 7.88. The van der Waals surface area contributed by atoms with E-state index in [1.807, 2.05) is 4.90 Å². The standard InChI is InChI=1S/C17H22FNO3/c1-12-3-4-13(11-14(12)18)15(16(20)21)19-8-6-17(7-9-19)5-2-10-22-17/h3-4,11,15H,2,5-10H2,1H3,(H,20,21). The molecule has 0 saturated carbocycles. The van der Waals surface area contributed by atoms with Crippen molar-refractivity contribution in [3.8, 4) is 0 Å². The number of ether oxygens (including phenoxy) is 1. The molecule has 22 heavy (non-hydrogen) atoms. The predicted molar refractivity (Wildman–Crippen MR) is 80.2 cm³/mol. The molecule has 1 unspecified atom stereocenters. The Labute approximate surface area is 129 Å². The number of carboxylic acid groups (broad SMARTS) is 1. The van der Waals surface area contributed by atoms with E-state index in [0.29, 0.717) is 24.2 Å². The minimum atomic E-state index is -0.924. The molecule has 2 saturated heterocycles. The van der Waals surface area contributed by atoms with Gasteiger partial charge in [-0.05, 0) is 49.8 Å². The second kappa shape index (κ2) is 5.97. The normalized spacial score (nSPS) is 22.8. The number of carbonyl (C=O) groups is 1. The second-order valence-corrected chi connectivity index (χ2v) is 6.42. The molecule has 1 aromatic rings. The molecular formula is C17H22FNO3. The highest BCUT2D eigenvalue weighted by Gasteiger charge is 2.41. The first kappa shape index (κ1) is 15.4. The highest BCUT2D eigenvalue weighted by molar-refractivity contribution is 5.75. The summed E-state index contributed by atoms with van der Waals surface area (Å²) in [5.41, 5.74) is 1.00. The smallest absolute Gasteiger partial charge is 0.325 e. The molecule has 0 amide bonds. The highest BCUT2D eigenvalue weighted by Crippen LogP contribution is 2.38. The summed E-state index contributed by atoms with van der Waals surface area (Å²) in [6, 6.07) is 3.93. The van der Waals surface area contributed by atoms with E-state index < -0.39 is 12.0 Å². The Morgan fingerprint density at radius 1 is 1.36 bits per heavy atom. The number of nitrogens with zero attached hydrogens (tertiary/aromatic N) is 1. The monoisotopic (exact) mass is 307 g/mol. The van der Waals surface area contributed by atoms with Crippen LogP contribution in [0.4, 0.5) is 4.39 Å². The summed E-state index contributed by atoms with van der Waals surface area (Å²) in [5.74, 6) is -1.28. The number of hydrogen-bond acceptors (Lipinski definition) is 3. The van der Waals surface area contributed by atoms with Gasteiger partial charge in [0.25, 0.3) is 0 Å². The van der Waals surface area contributed by atoms with Crippen LogP contribution in [0, 0.1) is 12.7 Å². The van der Waals surface area contributed by atoms with E-state index >= 15 is 0 Å². The molecule has 3 rings (SSSR count). The first-order chi connectivity index (χ1) is 10.5. The van der Waals surface area contributed by atoms with Gasteiger partial charge in [-0.1, -0.05) is 12.1 Å². The summed E-state index contributed by atoms with van der Waals surface area (Å²) in [7, 11) is 0. The molecule has 2 fully saturated rings. The molecule has 120 valence electrons. The van der Waals surface area contributed by atoms with Crippen LogP contribution in [0.5, 0.6) is 0 Å². The minimum absolute atomic E-state index is 0.0436. The largest absolute Gasteiger partial charge is 0.480 e. The molecule has 1 aromatic carbocycles. The lowest BCUT2D eigenvalue weighted by Crippen LogP contribution is -2.47. The van der Waals surface area contributed by atoms with Gasteiger partial charge < -0.3 is 9.84 Å². The third-order valence-electron chi connectivity index (χ3n) is 5.00. The van der Waals surface area contributed by atoms with E-state index in [0.717, 1.165) is 32.3 Å². The number of hydrogen-bond donors (Lipinski definition) is 1. The van der Waals surface area contributed by atoms with Gasteiger partial charge in [-0.15, -0.1) is 0 Å². The van der Waals surface area contributed by atoms with E-state index in [9.17, 15) is 14.3 Å². The molecule has 0 radical (unpaired) electrons. The summed E-state index contributed by atoms with van der Waals surface area (Å²) in [6.07, 6.45) is 3.86. The van der Waals surface area contributed by atoms with Crippen LogP contribution in [0.2, 0.25) is 0 Å². The van der Waals surface area contributed by atoms with Gasteiger partial charge in [0.15, 0.2) is 0 Å². The van der Waals surface area contributed by atoms with Crippen LogP contribution in [0.3, 0.4) is 0 Å². The maximum atomic E-state index is 13.8. The summed E-state index contributed by atoms with van der Waals surface area (Å²) in [4.78, 5) is 13.6. The van der Waals surface area contributed by atoms with Crippen molar-refractivity contribution in [3.05, 3.63) is 35.1 Å². The number of likely N-dealkylation sites (tertiary alicyclic amines) is 1. The van der Waals surface area contributed by atoms with Gasteiger partial charge in [0.05, 0.1) is 5.60 Å². The van der Waals surface area contributed by atoms with E-state index in [-0.39, 0.29) is 11.4 Å². The van der Waals surface area contributed by atoms with Crippen LogP contribution in [0.15, 0.2) is 18.2 Å². The lowest BCUT2D eigenvalue weighted by Gasteiger charge is -2.41. The Bertz CT molecular complexity index is 559. The molecule has 0 aromatic heterocycles. The molecule has 0 bridgehead atoms. The highest BCUT2D eigenvalue weighted by atomic mass is 19.1. The zero-order valence-electron chi connectivity index (χ0n) is 12.8. The molecule has 1 atom stereocenters.